The highest BCUT2D eigenvalue weighted by Gasteiger charge is 2.38. The normalized spacial score (nSPS) is 13.1. The minimum atomic E-state index is -5.08. The highest BCUT2D eigenvalue weighted by Crippen LogP contribution is 2.13. The summed E-state index contributed by atoms with van der Waals surface area (Å²) in [5, 5.41) is 10.5. The highest BCUT2D eigenvalue weighted by molar-refractivity contribution is 6.12. The molecular formula is C22H29F3N2O7. The van der Waals surface area contributed by atoms with Crippen molar-refractivity contribution in [3.05, 3.63) is 42.5 Å². The second-order valence-corrected chi connectivity index (χ2v) is 6.80. The Bertz CT molecular complexity index is 756. The summed E-state index contributed by atoms with van der Waals surface area (Å²) in [6.07, 6.45) is -0.938. The van der Waals surface area contributed by atoms with E-state index in [1.165, 1.54) is 17.1 Å². The number of ether oxygens (including phenoxy) is 3. The van der Waals surface area contributed by atoms with Crippen LogP contribution >= 0.6 is 0 Å². The van der Waals surface area contributed by atoms with Gasteiger partial charge in [-0.2, -0.15) is 13.2 Å². The maximum Gasteiger partial charge on any atom is 0.490 e. The second kappa shape index (κ2) is 16.6. The molecule has 0 bridgehead atoms. The van der Waals surface area contributed by atoms with Crippen LogP contribution in [-0.4, -0.2) is 86.7 Å². The predicted molar refractivity (Wildman–Crippen MR) is 116 cm³/mol. The minimum absolute atomic E-state index is 0.251. The van der Waals surface area contributed by atoms with Gasteiger partial charge in [-0.25, -0.2) is 4.79 Å². The van der Waals surface area contributed by atoms with Crippen molar-refractivity contribution in [3.8, 4) is 0 Å². The van der Waals surface area contributed by atoms with Crippen molar-refractivity contribution in [2.45, 2.75) is 19.0 Å². The molecule has 2 N–H and O–H groups in total. The van der Waals surface area contributed by atoms with Gasteiger partial charge in [0, 0.05) is 44.1 Å². The van der Waals surface area contributed by atoms with Crippen LogP contribution in [0.25, 0.3) is 0 Å². The van der Waals surface area contributed by atoms with Crippen molar-refractivity contribution in [3.63, 3.8) is 0 Å². The summed E-state index contributed by atoms with van der Waals surface area (Å²) in [6, 6.07) is 10.1. The number of imide groups is 1. The highest BCUT2D eigenvalue weighted by atomic mass is 19.4. The molecule has 0 aliphatic carbocycles. The third-order valence-corrected chi connectivity index (χ3v) is 4.13. The van der Waals surface area contributed by atoms with Crippen LogP contribution in [0.5, 0.6) is 0 Å². The molecule has 1 aromatic rings. The molecule has 1 aromatic carbocycles. The first-order valence-corrected chi connectivity index (χ1v) is 10.6. The Balaban J connectivity index is 0.000000718. The molecule has 190 valence electrons. The lowest BCUT2D eigenvalue weighted by atomic mass is 10.3. The quantitative estimate of drug-likeness (QED) is 0.285. The fourth-order valence-electron chi connectivity index (χ4n) is 2.48. The Hall–Kier alpha value is -2.96. The van der Waals surface area contributed by atoms with E-state index in [4.69, 9.17) is 24.1 Å². The number of hydrogen-bond acceptors (Lipinski definition) is 7. The molecule has 0 saturated heterocycles. The summed E-state index contributed by atoms with van der Waals surface area (Å²) < 4.78 is 48.1. The van der Waals surface area contributed by atoms with Crippen LogP contribution in [-0.2, 0) is 28.6 Å². The summed E-state index contributed by atoms with van der Waals surface area (Å²) in [5.41, 5.74) is 1.12. The molecule has 0 atom stereocenters. The van der Waals surface area contributed by atoms with Gasteiger partial charge >= 0.3 is 12.1 Å². The molecular weight excluding hydrogens is 461 g/mol. The average molecular weight is 490 g/mol. The molecule has 1 aliphatic heterocycles. The van der Waals surface area contributed by atoms with Gasteiger partial charge in [0.05, 0.1) is 26.4 Å². The number of benzene rings is 1. The van der Waals surface area contributed by atoms with Gasteiger partial charge in [0.2, 0.25) is 0 Å². The van der Waals surface area contributed by atoms with E-state index in [1.807, 2.05) is 30.3 Å². The largest absolute Gasteiger partial charge is 0.490 e. The summed E-state index contributed by atoms with van der Waals surface area (Å²) in [4.78, 5) is 32.8. The number of rotatable bonds is 15. The topological polar surface area (TPSA) is 114 Å². The van der Waals surface area contributed by atoms with E-state index in [1.54, 1.807) is 0 Å². The molecule has 2 rings (SSSR count). The Morgan fingerprint density at radius 2 is 1.32 bits per heavy atom. The summed E-state index contributed by atoms with van der Waals surface area (Å²) in [6.45, 7) is 4.55. The van der Waals surface area contributed by atoms with Crippen molar-refractivity contribution in [2.75, 3.05) is 58.0 Å². The number of carbonyl (C=O) groups excluding carboxylic acids is 2. The van der Waals surface area contributed by atoms with Gasteiger partial charge < -0.3 is 24.6 Å². The molecule has 9 nitrogen and oxygen atoms in total. The second-order valence-electron chi connectivity index (χ2n) is 6.80. The SMILES string of the molecule is O=C(O)C(F)(F)F.O=C1C=CC(=O)N1CCCOCCOCCOCCCNc1ccccc1. The summed E-state index contributed by atoms with van der Waals surface area (Å²) >= 11 is 0. The zero-order chi connectivity index (χ0) is 25.2. The first kappa shape index (κ1) is 29.1. The first-order chi connectivity index (χ1) is 16.2. The van der Waals surface area contributed by atoms with Crippen LogP contribution in [0.3, 0.4) is 0 Å². The molecule has 1 aliphatic rings. The molecule has 34 heavy (non-hydrogen) atoms. The molecule has 0 aromatic heterocycles. The van der Waals surface area contributed by atoms with Gasteiger partial charge in [-0.15, -0.1) is 0 Å². The predicted octanol–water partition coefficient (Wildman–Crippen LogP) is 2.49. The van der Waals surface area contributed by atoms with Gasteiger partial charge in [-0.1, -0.05) is 18.2 Å². The Morgan fingerprint density at radius 1 is 0.853 bits per heavy atom. The number of nitrogens with one attached hydrogen (secondary N) is 1. The van der Waals surface area contributed by atoms with Gasteiger partial charge in [0.25, 0.3) is 11.8 Å². The van der Waals surface area contributed by atoms with E-state index in [0.717, 1.165) is 18.7 Å². The van der Waals surface area contributed by atoms with Crippen molar-refractivity contribution >= 4 is 23.5 Å². The number of halogens is 3. The van der Waals surface area contributed by atoms with Gasteiger partial charge in [0.1, 0.15) is 0 Å². The zero-order valence-corrected chi connectivity index (χ0v) is 18.6. The lowest BCUT2D eigenvalue weighted by Crippen LogP contribution is -2.31. The Morgan fingerprint density at radius 3 is 1.82 bits per heavy atom. The number of amides is 2. The Labute approximate surface area is 195 Å². The van der Waals surface area contributed by atoms with Crippen LogP contribution in [0.1, 0.15) is 12.8 Å². The van der Waals surface area contributed by atoms with Gasteiger partial charge in [0.15, 0.2) is 0 Å². The number of carbonyl (C=O) groups is 3. The molecule has 0 spiro atoms. The minimum Gasteiger partial charge on any atom is -0.475 e. The van der Waals surface area contributed by atoms with Crippen LogP contribution in [0.4, 0.5) is 18.9 Å². The third-order valence-electron chi connectivity index (χ3n) is 4.13. The number of carboxylic acid groups (broad SMARTS) is 1. The third kappa shape index (κ3) is 13.6. The molecule has 12 heteroatoms. The maximum absolute atomic E-state index is 11.3. The molecule has 2 amide bonds. The van der Waals surface area contributed by atoms with Gasteiger partial charge in [-0.05, 0) is 25.0 Å². The van der Waals surface area contributed by atoms with Crippen molar-refractivity contribution in [2.24, 2.45) is 0 Å². The number of nitrogens with zero attached hydrogens (tertiary/aromatic N) is 1. The number of hydrogen-bond donors (Lipinski definition) is 2. The number of alkyl halides is 3. The fourth-order valence-corrected chi connectivity index (χ4v) is 2.48. The van der Waals surface area contributed by atoms with Crippen molar-refractivity contribution in [1.29, 1.82) is 0 Å². The van der Waals surface area contributed by atoms with Crippen molar-refractivity contribution in [1.82, 2.24) is 4.90 Å². The lowest BCUT2D eigenvalue weighted by Gasteiger charge is -2.13. The average Bonchev–Trinajstić information content (AvgIpc) is 3.11. The van der Waals surface area contributed by atoms with E-state index < -0.39 is 12.1 Å². The van der Waals surface area contributed by atoms with Crippen LogP contribution in [0.15, 0.2) is 42.5 Å². The molecule has 0 radical (unpaired) electrons. The lowest BCUT2D eigenvalue weighted by molar-refractivity contribution is -0.192. The van der Waals surface area contributed by atoms with E-state index in [2.05, 4.69) is 5.32 Å². The maximum atomic E-state index is 11.3. The van der Waals surface area contributed by atoms with E-state index >= 15 is 0 Å². The number of carboxylic acids is 1. The molecule has 1 heterocycles. The fraction of sp³-hybridized carbons (Fsp3) is 0.500. The molecule has 0 unspecified atom stereocenters. The summed E-state index contributed by atoms with van der Waals surface area (Å²) in [7, 11) is 0. The zero-order valence-electron chi connectivity index (χ0n) is 18.6. The first-order valence-electron chi connectivity index (χ1n) is 10.6. The monoisotopic (exact) mass is 490 g/mol. The van der Waals surface area contributed by atoms with E-state index in [0.29, 0.717) is 52.6 Å². The van der Waals surface area contributed by atoms with Crippen LogP contribution in [0.2, 0.25) is 0 Å². The van der Waals surface area contributed by atoms with Crippen LogP contribution in [0, 0.1) is 0 Å². The standard InChI is InChI=1S/C20H28N2O5.C2HF3O2/c23-19-8-9-20(24)22(19)11-5-13-26-15-17-27-16-14-25-12-4-10-21-18-6-2-1-3-7-18;3-2(4,5)1(6)7/h1-3,6-9,21H,4-5,10-17H2;(H,6,7). The molecule has 0 saturated carbocycles. The Kier molecular flexibility index (Phi) is 14.2. The number of para-hydroxylation sites is 1. The summed E-state index contributed by atoms with van der Waals surface area (Å²) in [5.74, 6) is -3.26. The number of anilines is 1. The van der Waals surface area contributed by atoms with E-state index in [-0.39, 0.29) is 11.8 Å². The van der Waals surface area contributed by atoms with E-state index in [9.17, 15) is 22.8 Å². The van der Waals surface area contributed by atoms with Crippen LogP contribution < -0.4 is 5.32 Å². The smallest absolute Gasteiger partial charge is 0.475 e. The molecule has 0 fully saturated rings. The number of aliphatic carboxylic acids is 1. The van der Waals surface area contributed by atoms with Gasteiger partial charge in [-0.3, -0.25) is 14.5 Å². The van der Waals surface area contributed by atoms with Crippen molar-refractivity contribution < 1.29 is 46.9 Å².